The van der Waals surface area contributed by atoms with Gasteiger partial charge >= 0.3 is 6.61 Å². The fraction of sp³-hybridized carbons (Fsp3) is 0.526. The maximum atomic E-state index is 13.6. The quantitative estimate of drug-likeness (QED) is 0.187. The lowest BCUT2D eigenvalue weighted by Crippen LogP contribution is -2.49. The zero-order valence-electron chi connectivity index (χ0n) is 31.5. The number of carbonyl (C=O) groups is 3. The van der Waals surface area contributed by atoms with E-state index in [0.717, 1.165) is 63.3 Å². The maximum absolute atomic E-state index is 13.6. The van der Waals surface area contributed by atoms with Gasteiger partial charge in [-0.05, 0) is 81.8 Å². The lowest BCUT2D eigenvalue weighted by molar-refractivity contribution is -0.137. The third kappa shape index (κ3) is 9.83. The smallest absolute Gasteiger partial charge is 0.387 e. The number of thioether (sulfide) groups is 1. The monoisotopic (exact) mass is 794 g/mol. The second kappa shape index (κ2) is 18.5. The van der Waals surface area contributed by atoms with Crippen LogP contribution >= 0.6 is 11.8 Å². The van der Waals surface area contributed by atoms with E-state index in [-0.39, 0.29) is 46.6 Å². The summed E-state index contributed by atoms with van der Waals surface area (Å²) in [6, 6.07) is 6.47. The number of piperazine rings is 1. The molecule has 3 aliphatic heterocycles. The molecule has 7 rings (SSSR count). The zero-order valence-corrected chi connectivity index (χ0v) is 32.3. The molecular weight excluding hydrogens is 747 g/mol. The average molecular weight is 795 g/mol. The van der Waals surface area contributed by atoms with E-state index >= 15 is 0 Å². The minimum atomic E-state index is -3.08. The van der Waals surface area contributed by atoms with Gasteiger partial charge in [-0.3, -0.25) is 28.9 Å². The van der Waals surface area contributed by atoms with Crippen LogP contribution in [0, 0.1) is 5.92 Å². The van der Waals surface area contributed by atoms with E-state index in [1.54, 1.807) is 30.6 Å². The number of hydrogen-bond acceptors (Lipinski definition) is 11. The topological polar surface area (TPSA) is 143 Å². The van der Waals surface area contributed by atoms with E-state index < -0.39 is 12.5 Å². The molecule has 15 nitrogen and oxygen atoms in total. The van der Waals surface area contributed by atoms with E-state index in [1.165, 1.54) is 39.4 Å². The van der Waals surface area contributed by atoms with Gasteiger partial charge in [0.25, 0.3) is 5.91 Å². The number of aromatic nitrogens is 5. The molecule has 0 bridgehead atoms. The number of fused-ring (bicyclic) bond motifs is 1. The Morgan fingerprint density at radius 3 is 2.48 bits per heavy atom. The van der Waals surface area contributed by atoms with Crippen LogP contribution in [-0.2, 0) is 20.9 Å². The van der Waals surface area contributed by atoms with Gasteiger partial charge in [-0.25, -0.2) is 9.50 Å². The van der Waals surface area contributed by atoms with Crippen LogP contribution in [0.1, 0.15) is 36.0 Å². The van der Waals surface area contributed by atoms with Crippen molar-refractivity contribution in [3.63, 3.8) is 0 Å². The lowest BCUT2D eigenvalue weighted by Gasteiger charge is -2.36. The van der Waals surface area contributed by atoms with Crippen molar-refractivity contribution in [1.29, 1.82) is 0 Å². The number of hydrogen-bond donors (Lipinski definition) is 1. The number of halogens is 2. The summed E-state index contributed by atoms with van der Waals surface area (Å²) in [5.41, 5.74) is 1.19. The van der Waals surface area contributed by atoms with Gasteiger partial charge in [0.15, 0.2) is 5.65 Å². The average Bonchev–Trinajstić information content (AvgIpc) is 3.83. The molecule has 6 heterocycles. The molecule has 0 aliphatic carbocycles. The molecule has 3 aliphatic rings. The number of nitrogens with zero attached hydrogens (tertiary/aromatic N) is 9. The van der Waals surface area contributed by atoms with Gasteiger partial charge < -0.3 is 24.6 Å². The first-order valence-corrected chi connectivity index (χ1v) is 20.3. The van der Waals surface area contributed by atoms with E-state index in [2.05, 4.69) is 30.3 Å². The van der Waals surface area contributed by atoms with Crippen molar-refractivity contribution in [2.24, 2.45) is 5.92 Å². The van der Waals surface area contributed by atoms with Crippen molar-refractivity contribution in [2.45, 2.75) is 43.7 Å². The Balaban J connectivity index is 0.933. The zero-order chi connectivity index (χ0) is 39.0. The Morgan fingerprint density at radius 1 is 0.982 bits per heavy atom. The number of carbonyl (C=O) groups excluding carboxylic acids is 3. The summed E-state index contributed by atoms with van der Waals surface area (Å²) < 4.78 is 40.1. The summed E-state index contributed by atoms with van der Waals surface area (Å²) in [6.45, 7) is 5.53. The number of anilines is 1. The summed E-state index contributed by atoms with van der Waals surface area (Å²) >= 11 is 1.41. The lowest BCUT2D eigenvalue weighted by atomic mass is 9.92. The van der Waals surface area contributed by atoms with Crippen molar-refractivity contribution < 1.29 is 32.6 Å². The highest BCUT2D eigenvalue weighted by Gasteiger charge is 2.27. The first-order valence-electron chi connectivity index (χ1n) is 19.1. The first-order chi connectivity index (χ1) is 27.2. The predicted molar refractivity (Wildman–Crippen MR) is 206 cm³/mol. The molecule has 56 heavy (non-hydrogen) atoms. The summed E-state index contributed by atoms with van der Waals surface area (Å²) in [5, 5.41) is 11.7. The highest BCUT2D eigenvalue weighted by molar-refractivity contribution is 7.98. The number of likely N-dealkylation sites (tertiary alicyclic amines) is 1. The van der Waals surface area contributed by atoms with Crippen LogP contribution in [0.5, 0.6) is 5.75 Å². The number of nitrogens with one attached hydrogen (secondary N) is 1. The Hall–Kier alpha value is -4.65. The van der Waals surface area contributed by atoms with Gasteiger partial charge in [-0.2, -0.15) is 19.0 Å². The Kier molecular flexibility index (Phi) is 13.1. The molecule has 0 atom stereocenters. The summed E-state index contributed by atoms with van der Waals surface area (Å²) in [5.74, 6) is 0.0996. The molecule has 1 N–H and O–H groups in total. The van der Waals surface area contributed by atoms with Crippen molar-refractivity contribution in [3.8, 4) is 17.0 Å². The largest absolute Gasteiger partial charge is 0.434 e. The van der Waals surface area contributed by atoms with E-state index in [4.69, 9.17) is 9.47 Å². The molecular formula is C38H48F2N10O5S. The minimum Gasteiger partial charge on any atom is -0.434 e. The molecule has 1 aromatic carbocycles. The van der Waals surface area contributed by atoms with Gasteiger partial charge in [-0.1, -0.05) is 0 Å². The summed E-state index contributed by atoms with van der Waals surface area (Å²) in [6.07, 6.45) is 12.5. The van der Waals surface area contributed by atoms with Crippen LogP contribution in [0.15, 0.2) is 53.9 Å². The van der Waals surface area contributed by atoms with Crippen molar-refractivity contribution in [1.82, 2.24) is 44.0 Å². The second-order valence-corrected chi connectivity index (χ2v) is 15.2. The fourth-order valence-corrected chi connectivity index (χ4v) is 8.03. The van der Waals surface area contributed by atoms with E-state index in [0.29, 0.717) is 57.5 Å². The van der Waals surface area contributed by atoms with Crippen LogP contribution < -0.4 is 10.1 Å². The predicted octanol–water partition coefficient (Wildman–Crippen LogP) is 3.66. The number of amides is 3. The van der Waals surface area contributed by atoms with Gasteiger partial charge in [0.05, 0.1) is 31.6 Å². The van der Waals surface area contributed by atoms with Crippen LogP contribution in [0.2, 0.25) is 0 Å². The standard InChI is InChI=1S/C38H48F2N10O5S/c1-56-28-5-6-32(55-38(39)40)29(22-28)35-31(43-37(53)30-23-42-50-11-3-9-41-36(30)50)24-49(44-35)26-34(52)47-16-14-45(15-17-47)10-2-4-27-7-12-46(13-8-27)25-33(51)48-18-20-54-21-19-48/h3,5-6,9,11,22-24,27,38H,2,4,7-8,10,12-21,25-26H2,1H3,(H,43,53). The first kappa shape index (κ1) is 39.6. The molecule has 18 heteroatoms. The molecule has 300 valence electrons. The van der Waals surface area contributed by atoms with Crippen LogP contribution in [0.3, 0.4) is 0 Å². The SMILES string of the molecule is CSc1ccc(OC(F)F)c(-c2nn(CC(=O)N3CCN(CCCC4CCN(CC(=O)N5CCOCC5)CC4)CC3)cc2NC(=O)c2cnn3cccnc23)c1. The Labute approximate surface area is 328 Å². The third-order valence-electron chi connectivity index (χ3n) is 10.7. The second-order valence-electron chi connectivity index (χ2n) is 14.3. The fourth-order valence-electron chi connectivity index (χ4n) is 7.59. The molecule has 0 radical (unpaired) electrons. The van der Waals surface area contributed by atoms with Gasteiger partial charge in [0.2, 0.25) is 11.8 Å². The molecule has 3 saturated heterocycles. The van der Waals surface area contributed by atoms with Crippen molar-refractivity contribution >= 4 is 40.8 Å². The van der Waals surface area contributed by atoms with Crippen LogP contribution in [0.4, 0.5) is 14.5 Å². The molecule has 3 fully saturated rings. The van der Waals surface area contributed by atoms with Crippen LogP contribution in [0.25, 0.3) is 16.9 Å². The van der Waals surface area contributed by atoms with Crippen molar-refractivity contribution in [2.75, 3.05) is 90.2 Å². The minimum absolute atomic E-state index is 0.106. The van der Waals surface area contributed by atoms with Gasteiger partial charge in [0.1, 0.15) is 23.6 Å². The highest BCUT2D eigenvalue weighted by atomic mass is 32.2. The summed E-state index contributed by atoms with van der Waals surface area (Å²) in [7, 11) is 0. The molecule has 0 saturated carbocycles. The Bertz CT molecular complexity index is 1970. The number of benzene rings is 1. The molecule has 0 unspecified atom stereocenters. The van der Waals surface area contributed by atoms with Crippen LogP contribution in [-0.4, -0.2) is 153 Å². The molecule has 4 aromatic rings. The van der Waals surface area contributed by atoms with Crippen molar-refractivity contribution in [3.05, 3.63) is 54.6 Å². The molecule has 3 aromatic heterocycles. The normalized spacial score (nSPS) is 17.5. The number of alkyl halides is 2. The summed E-state index contributed by atoms with van der Waals surface area (Å²) in [4.78, 5) is 53.2. The number of piperidine rings is 1. The van der Waals surface area contributed by atoms with E-state index in [9.17, 15) is 23.2 Å². The van der Waals surface area contributed by atoms with Gasteiger partial charge in [0, 0.05) is 68.3 Å². The molecule has 0 spiro atoms. The van der Waals surface area contributed by atoms with Gasteiger partial charge in [-0.15, -0.1) is 11.8 Å². The third-order valence-corrected chi connectivity index (χ3v) is 11.5. The number of rotatable bonds is 14. The van der Waals surface area contributed by atoms with E-state index in [1.807, 2.05) is 16.1 Å². The maximum Gasteiger partial charge on any atom is 0.387 e. The molecule has 3 amide bonds. The number of morpholine rings is 1. The highest BCUT2D eigenvalue weighted by Crippen LogP contribution is 2.38. The number of ether oxygens (including phenoxy) is 2. The Morgan fingerprint density at radius 2 is 1.73 bits per heavy atom.